The minimum absolute atomic E-state index is 0.00972. The lowest BCUT2D eigenvalue weighted by atomic mass is 9.89. The Kier molecular flexibility index (Phi) is 5.28. The molecule has 1 aromatic rings. The van der Waals surface area contributed by atoms with Gasteiger partial charge in [0.2, 0.25) is 0 Å². The number of nitrogens with one attached hydrogen (secondary N) is 1. The SMILES string of the molecule is Cc1c(Br)cccc1C(=O)NCC1CCCC(Cl)C1. The van der Waals surface area contributed by atoms with Crippen molar-refractivity contribution in [2.45, 2.75) is 38.0 Å². The van der Waals surface area contributed by atoms with E-state index in [-0.39, 0.29) is 11.3 Å². The Morgan fingerprint density at radius 1 is 1.47 bits per heavy atom. The predicted molar refractivity (Wildman–Crippen MR) is 82.8 cm³/mol. The molecule has 2 unspecified atom stereocenters. The maximum Gasteiger partial charge on any atom is 0.251 e. The molecule has 0 aliphatic heterocycles. The number of hydrogen-bond donors (Lipinski definition) is 1. The lowest BCUT2D eigenvalue weighted by molar-refractivity contribution is 0.0943. The van der Waals surface area contributed by atoms with Gasteiger partial charge < -0.3 is 5.32 Å². The van der Waals surface area contributed by atoms with Crippen molar-refractivity contribution in [1.29, 1.82) is 0 Å². The number of halogens is 2. The Morgan fingerprint density at radius 3 is 3.00 bits per heavy atom. The summed E-state index contributed by atoms with van der Waals surface area (Å²) >= 11 is 9.62. The maximum atomic E-state index is 12.2. The van der Waals surface area contributed by atoms with Gasteiger partial charge in [0.15, 0.2) is 0 Å². The molecule has 0 heterocycles. The van der Waals surface area contributed by atoms with Gasteiger partial charge in [-0.1, -0.05) is 28.4 Å². The van der Waals surface area contributed by atoms with E-state index in [1.807, 2.05) is 25.1 Å². The Morgan fingerprint density at radius 2 is 2.26 bits per heavy atom. The van der Waals surface area contributed by atoms with Gasteiger partial charge in [-0.25, -0.2) is 0 Å². The molecule has 1 aliphatic rings. The van der Waals surface area contributed by atoms with Gasteiger partial charge in [0.05, 0.1) is 0 Å². The quantitative estimate of drug-likeness (QED) is 0.815. The number of hydrogen-bond acceptors (Lipinski definition) is 1. The van der Waals surface area contributed by atoms with Crippen LogP contribution in [0.1, 0.15) is 41.6 Å². The van der Waals surface area contributed by atoms with E-state index in [4.69, 9.17) is 11.6 Å². The van der Waals surface area contributed by atoms with Crippen LogP contribution in [0.3, 0.4) is 0 Å². The zero-order valence-corrected chi connectivity index (χ0v) is 13.4. The molecule has 0 radical (unpaired) electrons. The number of carbonyl (C=O) groups excluding carboxylic acids is 1. The summed E-state index contributed by atoms with van der Waals surface area (Å²) < 4.78 is 0.971. The predicted octanol–water partition coefficient (Wildman–Crippen LogP) is 4.28. The zero-order chi connectivity index (χ0) is 13.8. The van der Waals surface area contributed by atoms with Crippen molar-refractivity contribution >= 4 is 33.4 Å². The molecule has 2 nitrogen and oxygen atoms in total. The Bertz CT molecular complexity index is 463. The fourth-order valence-corrected chi connectivity index (χ4v) is 3.37. The molecule has 0 saturated heterocycles. The molecular weight excluding hydrogens is 326 g/mol. The van der Waals surface area contributed by atoms with Gasteiger partial charge in [0.25, 0.3) is 5.91 Å². The molecule has 2 atom stereocenters. The highest BCUT2D eigenvalue weighted by Crippen LogP contribution is 2.27. The third-order valence-corrected chi connectivity index (χ3v) is 5.04. The van der Waals surface area contributed by atoms with Crippen LogP contribution >= 0.6 is 27.5 Å². The first-order valence-electron chi connectivity index (χ1n) is 6.75. The van der Waals surface area contributed by atoms with Crippen molar-refractivity contribution in [3.63, 3.8) is 0 Å². The average molecular weight is 345 g/mol. The highest BCUT2D eigenvalue weighted by atomic mass is 79.9. The molecule has 1 N–H and O–H groups in total. The van der Waals surface area contributed by atoms with E-state index in [1.54, 1.807) is 0 Å². The van der Waals surface area contributed by atoms with Crippen LogP contribution < -0.4 is 5.32 Å². The summed E-state index contributed by atoms with van der Waals surface area (Å²) in [6.45, 7) is 2.68. The van der Waals surface area contributed by atoms with Gasteiger partial charge in [-0.3, -0.25) is 4.79 Å². The van der Waals surface area contributed by atoms with E-state index in [0.29, 0.717) is 5.92 Å². The average Bonchev–Trinajstić information content (AvgIpc) is 2.39. The van der Waals surface area contributed by atoms with Crippen molar-refractivity contribution in [3.05, 3.63) is 33.8 Å². The Balaban J connectivity index is 1.92. The molecule has 1 saturated carbocycles. The number of rotatable bonds is 3. The highest BCUT2D eigenvalue weighted by Gasteiger charge is 2.21. The summed E-state index contributed by atoms with van der Waals surface area (Å²) in [6.07, 6.45) is 4.46. The van der Waals surface area contributed by atoms with E-state index in [2.05, 4.69) is 21.2 Å². The van der Waals surface area contributed by atoms with E-state index in [0.717, 1.165) is 35.0 Å². The summed E-state index contributed by atoms with van der Waals surface area (Å²) in [5.41, 5.74) is 1.73. The zero-order valence-electron chi connectivity index (χ0n) is 11.1. The van der Waals surface area contributed by atoms with Gasteiger partial charge in [-0.2, -0.15) is 0 Å². The molecule has 1 amide bonds. The smallest absolute Gasteiger partial charge is 0.251 e. The van der Waals surface area contributed by atoms with Crippen LogP contribution in [0, 0.1) is 12.8 Å². The normalized spacial score (nSPS) is 23.1. The molecule has 1 aromatic carbocycles. The van der Waals surface area contributed by atoms with E-state index >= 15 is 0 Å². The highest BCUT2D eigenvalue weighted by molar-refractivity contribution is 9.10. The third kappa shape index (κ3) is 3.96. The van der Waals surface area contributed by atoms with Gasteiger partial charge in [-0.05, 0) is 49.8 Å². The molecule has 4 heteroatoms. The van der Waals surface area contributed by atoms with Gasteiger partial charge in [0, 0.05) is 22.0 Å². The van der Waals surface area contributed by atoms with Gasteiger partial charge in [-0.15, -0.1) is 11.6 Å². The molecule has 1 aliphatic carbocycles. The van der Waals surface area contributed by atoms with E-state index < -0.39 is 0 Å². The summed E-state index contributed by atoms with van der Waals surface area (Å²) in [5, 5.41) is 3.32. The second-order valence-electron chi connectivity index (χ2n) is 5.25. The molecule has 104 valence electrons. The second-order valence-corrected chi connectivity index (χ2v) is 6.72. The first-order valence-corrected chi connectivity index (χ1v) is 7.98. The Hall–Kier alpha value is -0.540. The van der Waals surface area contributed by atoms with Crippen LogP contribution in [-0.4, -0.2) is 17.8 Å². The first kappa shape index (κ1) is 14.9. The van der Waals surface area contributed by atoms with Crippen LogP contribution in [-0.2, 0) is 0 Å². The molecule has 0 spiro atoms. The standard InChI is InChI=1S/C15H19BrClNO/c1-10-13(6-3-7-14(10)16)15(19)18-9-11-4-2-5-12(17)8-11/h3,6-7,11-12H,2,4-5,8-9H2,1H3,(H,18,19). The molecule has 0 bridgehead atoms. The molecule has 0 aromatic heterocycles. The summed E-state index contributed by atoms with van der Waals surface area (Å²) in [6, 6.07) is 5.70. The minimum Gasteiger partial charge on any atom is -0.352 e. The number of carbonyl (C=O) groups is 1. The fourth-order valence-electron chi connectivity index (χ4n) is 2.60. The van der Waals surface area contributed by atoms with E-state index in [9.17, 15) is 4.79 Å². The van der Waals surface area contributed by atoms with Crippen molar-refractivity contribution in [2.75, 3.05) is 6.54 Å². The number of benzene rings is 1. The van der Waals surface area contributed by atoms with Crippen molar-refractivity contribution < 1.29 is 4.79 Å². The third-order valence-electron chi connectivity index (χ3n) is 3.78. The first-order chi connectivity index (χ1) is 9.08. The molecule has 19 heavy (non-hydrogen) atoms. The topological polar surface area (TPSA) is 29.1 Å². The van der Waals surface area contributed by atoms with Crippen LogP contribution in [0.15, 0.2) is 22.7 Å². The van der Waals surface area contributed by atoms with Crippen molar-refractivity contribution in [3.8, 4) is 0 Å². The monoisotopic (exact) mass is 343 g/mol. The lowest BCUT2D eigenvalue weighted by Crippen LogP contribution is -2.32. The van der Waals surface area contributed by atoms with Crippen molar-refractivity contribution in [1.82, 2.24) is 5.32 Å². The lowest BCUT2D eigenvalue weighted by Gasteiger charge is -2.25. The van der Waals surface area contributed by atoms with Crippen LogP contribution in [0.5, 0.6) is 0 Å². The Labute approximate surface area is 128 Å². The minimum atomic E-state index is 0.00972. The van der Waals surface area contributed by atoms with E-state index in [1.165, 1.54) is 12.8 Å². The maximum absolute atomic E-state index is 12.2. The second kappa shape index (κ2) is 6.76. The van der Waals surface area contributed by atoms with Crippen molar-refractivity contribution in [2.24, 2.45) is 5.92 Å². The van der Waals surface area contributed by atoms with Crippen LogP contribution in [0.4, 0.5) is 0 Å². The number of amides is 1. The van der Waals surface area contributed by atoms with Gasteiger partial charge in [0.1, 0.15) is 0 Å². The summed E-state index contributed by atoms with van der Waals surface area (Å²) in [5.74, 6) is 0.531. The largest absolute Gasteiger partial charge is 0.352 e. The molecular formula is C15H19BrClNO. The fraction of sp³-hybridized carbons (Fsp3) is 0.533. The summed E-state index contributed by atoms with van der Waals surface area (Å²) in [7, 11) is 0. The van der Waals surface area contributed by atoms with Crippen LogP contribution in [0.25, 0.3) is 0 Å². The number of alkyl halides is 1. The van der Waals surface area contributed by atoms with Gasteiger partial charge >= 0.3 is 0 Å². The molecule has 1 fully saturated rings. The summed E-state index contributed by atoms with van der Waals surface area (Å²) in [4.78, 5) is 12.2. The van der Waals surface area contributed by atoms with Crippen LogP contribution in [0.2, 0.25) is 0 Å². The molecule has 2 rings (SSSR count).